The predicted molar refractivity (Wildman–Crippen MR) is 129 cm³/mol. The van der Waals surface area contributed by atoms with E-state index in [1.165, 1.54) is 11.1 Å². The summed E-state index contributed by atoms with van der Waals surface area (Å²) >= 11 is 0. The minimum absolute atomic E-state index is 0.202. The van der Waals surface area contributed by atoms with E-state index in [4.69, 9.17) is 9.47 Å². The Labute approximate surface area is 197 Å². The number of hydrogen-bond donors (Lipinski definition) is 0. The Bertz CT molecular complexity index is 943. The molecule has 4 heteroatoms. The molecule has 0 radical (unpaired) electrons. The molecule has 0 saturated heterocycles. The summed E-state index contributed by atoms with van der Waals surface area (Å²) in [5, 5.41) is 0. The molecular formula is C29H36O4. The summed E-state index contributed by atoms with van der Waals surface area (Å²) in [5.41, 5.74) is 4.53. The van der Waals surface area contributed by atoms with E-state index >= 15 is 0 Å². The normalized spacial score (nSPS) is 23.5. The third-order valence-corrected chi connectivity index (χ3v) is 7.71. The highest BCUT2D eigenvalue weighted by atomic mass is 16.5. The highest BCUT2D eigenvalue weighted by Gasteiger charge is 2.55. The number of benzene rings is 2. The number of hydrogen-bond acceptors (Lipinski definition) is 4. The Balaban J connectivity index is 1.54. The van der Waals surface area contributed by atoms with Crippen molar-refractivity contribution in [1.82, 2.24) is 0 Å². The van der Waals surface area contributed by atoms with Crippen LogP contribution in [0.1, 0.15) is 69.2 Å². The molecule has 2 aliphatic rings. The van der Waals surface area contributed by atoms with E-state index < -0.39 is 11.8 Å². The highest BCUT2D eigenvalue weighted by molar-refractivity contribution is 5.86. The van der Waals surface area contributed by atoms with Crippen LogP contribution in [0.5, 0.6) is 11.5 Å². The van der Waals surface area contributed by atoms with Gasteiger partial charge in [-0.1, -0.05) is 52.0 Å². The predicted octanol–water partition coefficient (Wildman–Crippen LogP) is 6.11. The number of ether oxygens (including phenoxy) is 2. The Morgan fingerprint density at radius 2 is 1.12 bits per heavy atom. The fourth-order valence-corrected chi connectivity index (χ4v) is 5.78. The van der Waals surface area contributed by atoms with E-state index in [1.54, 1.807) is 0 Å². The molecular weight excluding hydrogens is 412 g/mol. The van der Waals surface area contributed by atoms with Gasteiger partial charge in [-0.15, -0.1) is 0 Å². The van der Waals surface area contributed by atoms with Crippen LogP contribution in [-0.4, -0.2) is 11.9 Å². The average Bonchev–Trinajstić information content (AvgIpc) is 3.46. The van der Waals surface area contributed by atoms with Gasteiger partial charge in [-0.25, -0.2) is 0 Å². The molecule has 2 bridgehead atoms. The molecule has 4 atom stereocenters. The van der Waals surface area contributed by atoms with Gasteiger partial charge in [0.25, 0.3) is 0 Å². The summed E-state index contributed by atoms with van der Waals surface area (Å²) in [7, 11) is 0. The zero-order valence-electron chi connectivity index (χ0n) is 20.4. The minimum atomic E-state index is -0.424. The number of rotatable bonds is 8. The summed E-state index contributed by atoms with van der Waals surface area (Å²) in [6, 6.07) is 12.1. The number of fused-ring (bicyclic) bond motifs is 2. The SMILES string of the molecule is CCc1ccc(OC(=O)C2C3CCC(C3)C2C(=O)Oc2ccc(CC)cc2CC)c(CC)c1. The lowest BCUT2D eigenvalue weighted by Crippen LogP contribution is -2.39. The van der Waals surface area contributed by atoms with Gasteiger partial charge in [0.05, 0.1) is 11.8 Å². The first-order valence-electron chi connectivity index (χ1n) is 12.7. The van der Waals surface area contributed by atoms with Crippen molar-refractivity contribution in [3.05, 3.63) is 58.7 Å². The summed E-state index contributed by atoms with van der Waals surface area (Å²) in [6.45, 7) is 8.37. The van der Waals surface area contributed by atoms with Crippen molar-refractivity contribution < 1.29 is 19.1 Å². The van der Waals surface area contributed by atoms with Crippen LogP contribution in [0, 0.1) is 23.7 Å². The second-order valence-electron chi connectivity index (χ2n) is 9.53. The molecule has 4 unspecified atom stereocenters. The molecule has 2 fully saturated rings. The average molecular weight is 449 g/mol. The maximum absolute atomic E-state index is 13.4. The number of carbonyl (C=O) groups is 2. The summed E-state index contributed by atoms with van der Waals surface area (Å²) in [4.78, 5) is 26.7. The fraction of sp³-hybridized carbons (Fsp3) is 0.517. The largest absolute Gasteiger partial charge is 0.426 e. The quantitative estimate of drug-likeness (QED) is 0.361. The monoisotopic (exact) mass is 448 g/mol. The van der Waals surface area contributed by atoms with Gasteiger partial charge in [-0.2, -0.15) is 0 Å². The molecule has 0 aromatic heterocycles. The standard InChI is InChI=1S/C29H36O4/c1-5-18-9-13-24(20(7-3)15-18)32-28(30)26-22-11-12-23(17-22)27(26)29(31)33-25-14-10-19(6-2)16-21(25)8-4/h9-10,13-16,22-23,26-27H,5-8,11-12,17H2,1-4H3. The van der Waals surface area contributed by atoms with Gasteiger partial charge >= 0.3 is 11.9 Å². The summed E-state index contributed by atoms with van der Waals surface area (Å²) < 4.78 is 11.9. The molecule has 4 rings (SSSR count). The topological polar surface area (TPSA) is 52.6 Å². The van der Waals surface area contributed by atoms with Crippen LogP contribution in [0.4, 0.5) is 0 Å². The van der Waals surface area contributed by atoms with Crippen molar-refractivity contribution >= 4 is 11.9 Å². The molecule has 2 aromatic carbocycles. The Morgan fingerprint density at radius 1 is 0.697 bits per heavy atom. The van der Waals surface area contributed by atoms with Crippen LogP contribution in [0.3, 0.4) is 0 Å². The Hall–Kier alpha value is -2.62. The third kappa shape index (κ3) is 4.71. The first kappa shape index (κ1) is 23.5. The number of carbonyl (C=O) groups excluding carboxylic acids is 2. The van der Waals surface area contributed by atoms with Gasteiger partial charge in [0, 0.05) is 0 Å². The minimum Gasteiger partial charge on any atom is -0.426 e. The molecule has 0 aliphatic heterocycles. The first-order valence-corrected chi connectivity index (χ1v) is 12.7. The van der Waals surface area contributed by atoms with Crippen LogP contribution < -0.4 is 9.47 Å². The van der Waals surface area contributed by atoms with Crippen molar-refractivity contribution in [2.75, 3.05) is 0 Å². The second-order valence-corrected chi connectivity index (χ2v) is 9.53. The van der Waals surface area contributed by atoms with Crippen LogP contribution in [-0.2, 0) is 35.3 Å². The second kappa shape index (κ2) is 10.1. The zero-order chi connectivity index (χ0) is 23.5. The molecule has 2 saturated carbocycles. The third-order valence-electron chi connectivity index (χ3n) is 7.71. The van der Waals surface area contributed by atoms with Crippen LogP contribution in [0.15, 0.2) is 36.4 Å². The Morgan fingerprint density at radius 3 is 1.48 bits per heavy atom. The van der Waals surface area contributed by atoms with Crippen LogP contribution in [0.2, 0.25) is 0 Å². The van der Waals surface area contributed by atoms with E-state index in [0.29, 0.717) is 11.5 Å². The van der Waals surface area contributed by atoms with Crippen molar-refractivity contribution in [1.29, 1.82) is 0 Å². The number of aryl methyl sites for hydroxylation is 4. The van der Waals surface area contributed by atoms with Crippen molar-refractivity contribution in [2.45, 2.75) is 72.6 Å². The van der Waals surface area contributed by atoms with E-state index in [0.717, 1.165) is 56.1 Å². The lowest BCUT2D eigenvalue weighted by Gasteiger charge is -2.28. The van der Waals surface area contributed by atoms with Crippen molar-refractivity contribution in [3.63, 3.8) is 0 Å². The molecule has 2 aliphatic carbocycles. The first-order chi connectivity index (χ1) is 16.0. The number of esters is 2. The van der Waals surface area contributed by atoms with Gasteiger partial charge < -0.3 is 9.47 Å². The molecule has 0 spiro atoms. The highest BCUT2D eigenvalue weighted by Crippen LogP contribution is 2.53. The van der Waals surface area contributed by atoms with Gasteiger partial charge in [-0.3, -0.25) is 9.59 Å². The molecule has 0 heterocycles. The summed E-state index contributed by atoms with van der Waals surface area (Å²) in [6.07, 6.45) is 6.35. The lowest BCUT2D eigenvalue weighted by molar-refractivity contribution is -0.153. The maximum Gasteiger partial charge on any atom is 0.315 e. The fourth-order valence-electron chi connectivity index (χ4n) is 5.78. The Kier molecular flexibility index (Phi) is 7.21. The smallest absolute Gasteiger partial charge is 0.315 e. The molecule has 176 valence electrons. The summed E-state index contributed by atoms with van der Waals surface area (Å²) in [5.74, 6) is 0.247. The van der Waals surface area contributed by atoms with Gasteiger partial charge in [0.1, 0.15) is 11.5 Å². The molecule has 2 aromatic rings. The van der Waals surface area contributed by atoms with Crippen LogP contribution in [0.25, 0.3) is 0 Å². The van der Waals surface area contributed by atoms with Crippen molar-refractivity contribution in [3.8, 4) is 11.5 Å². The van der Waals surface area contributed by atoms with E-state index in [-0.39, 0.29) is 23.8 Å². The molecule has 33 heavy (non-hydrogen) atoms. The maximum atomic E-state index is 13.4. The van der Waals surface area contributed by atoms with E-state index in [9.17, 15) is 9.59 Å². The van der Waals surface area contributed by atoms with Gasteiger partial charge in [0.2, 0.25) is 0 Å². The van der Waals surface area contributed by atoms with E-state index in [1.807, 2.05) is 24.3 Å². The van der Waals surface area contributed by atoms with Gasteiger partial charge in [-0.05, 0) is 91.2 Å². The zero-order valence-corrected chi connectivity index (χ0v) is 20.4. The molecule has 0 N–H and O–H groups in total. The molecule has 4 nitrogen and oxygen atoms in total. The van der Waals surface area contributed by atoms with Crippen molar-refractivity contribution in [2.24, 2.45) is 23.7 Å². The van der Waals surface area contributed by atoms with E-state index in [2.05, 4.69) is 39.8 Å². The lowest BCUT2D eigenvalue weighted by atomic mass is 9.79. The van der Waals surface area contributed by atoms with Gasteiger partial charge in [0.15, 0.2) is 0 Å². The molecule has 0 amide bonds. The van der Waals surface area contributed by atoms with Crippen LogP contribution >= 0.6 is 0 Å².